The lowest BCUT2D eigenvalue weighted by atomic mass is 9.85. The molecule has 7 nitrogen and oxygen atoms in total. The highest BCUT2D eigenvalue weighted by molar-refractivity contribution is 7.92. The van der Waals surface area contributed by atoms with Gasteiger partial charge in [0.1, 0.15) is 13.2 Å². The molecule has 3 aromatic carbocycles. The number of Topliss-reactive ketones (excluding diaryl/α,β-unsaturated/α-hetero) is 2. The van der Waals surface area contributed by atoms with Crippen molar-refractivity contribution in [3.63, 3.8) is 0 Å². The van der Waals surface area contributed by atoms with E-state index in [-0.39, 0.29) is 34.2 Å². The highest BCUT2D eigenvalue weighted by atomic mass is 32.2. The van der Waals surface area contributed by atoms with Crippen LogP contribution in [0.1, 0.15) is 46.3 Å². The van der Waals surface area contributed by atoms with Crippen LogP contribution in [0.2, 0.25) is 0 Å². The zero-order valence-electron chi connectivity index (χ0n) is 20.6. The molecule has 190 valence electrons. The molecule has 0 radical (unpaired) electrons. The average molecular weight is 518 g/mol. The summed E-state index contributed by atoms with van der Waals surface area (Å²) in [7, 11) is -3.92. The van der Waals surface area contributed by atoms with Crippen LogP contribution in [0.4, 0.5) is 5.69 Å². The molecule has 0 saturated carbocycles. The highest BCUT2D eigenvalue weighted by Crippen LogP contribution is 2.35. The number of aryl methyl sites for hydroxylation is 1. The van der Waals surface area contributed by atoms with Crippen LogP contribution < -0.4 is 14.2 Å². The molecule has 0 amide bonds. The molecule has 2 aliphatic rings. The Morgan fingerprint density at radius 1 is 1.00 bits per heavy atom. The summed E-state index contributed by atoms with van der Waals surface area (Å²) >= 11 is 0. The van der Waals surface area contributed by atoms with E-state index < -0.39 is 15.8 Å². The largest absolute Gasteiger partial charge is 0.486 e. The van der Waals surface area contributed by atoms with Crippen LogP contribution in [0.25, 0.3) is 0 Å². The summed E-state index contributed by atoms with van der Waals surface area (Å²) in [5, 5.41) is 0. The molecule has 8 heteroatoms. The van der Waals surface area contributed by atoms with E-state index in [0.29, 0.717) is 42.4 Å². The number of carbonyl (C=O) groups excluding carboxylic acids is 2. The van der Waals surface area contributed by atoms with Gasteiger partial charge in [0.15, 0.2) is 23.1 Å². The number of sulfonamides is 1. The standard InChI is InChI=1S/C29H27NO6S/c1-18-4-3-5-22(14-18)30-37(33,34)23-9-6-20-7-10-24(29(32)25(20)17-23)26(31)15-19(2)21-8-11-27-28(16-21)36-13-12-35-27/h3-6,8-11,14,16-17,19,30H,7,12-13,15H2,1-2H3. The van der Waals surface area contributed by atoms with Gasteiger partial charge in [0, 0.05) is 17.7 Å². The first-order valence-corrected chi connectivity index (χ1v) is 13.6. The van der Waals surface area contributed by atoms with Crippen molar-refractivity contribution in [2.24, 2.45) is 0 Å². The number of hydrogen-bond acceptors (Lipinski definition) is 6. The van der Waals surface area contributed by atoms with Crippen molar-refractivity contribution in [1.82, 2.24) is 0 Å². The van der Waals surface area contributed by atoms with Gasteiger partial charge in [-0.25, -0.2) is 8.42 Å². The predicted molar refractivity (Wildman–Crippen MR) is 140 cm³/mol. The maximum absolute atomic E-state index is 13.3. The Morgan fingerprint density at radius 3 is 2.57 bits per heavy atom. The molecular formula is C29H27NO6S. The molecule has 1 aliphatic carbocycles. The highest BCUT2D eigenvalue weighted by Gasteiger charge is 2.28. The van der Waals surface area contributed by atoms with Gasteiger partial charge in [0.2, 0.25) is 0 Å². The van der Waals surface area contributed by atoms with E-state index in [0.717, 1.165) is 11.1 Å². The number of rotatable bonds is 7. The van der Waals surface area contributed by atoms with Crippen molar-refractivity contribution in [2.45, 2.75) is 37.5 Å². The molecule has 5 rings (SSSR count). The minimum Gasteiger partial charge on any atom is -0.486 e. The number of benzene rings is 3. The normalized spacial score (nSPS) is 15.4. The molecule has 37 heavy (non-hydrogen) atoms. The van der Waals surface area contributed by atoms with Crippen molar-refractivity contribution in [3.8, 4) is 11.5 Å². The van der Waals surface area contributed by atoms with Crippen molar-refractivity contribution in [1.29, 1.82) is 0 Å². The Hall–Kier alpha value is -3.91. The monoisotopic (exact) mass is 517 g/mol. The summed E-state index contributed by atoms with van der Waals surface area (Å²) in [6.07, 6.45) is 2.16. The van der Waals surface area contributed by atoms with Crippen LogP contribution in [0.15, 0.2) is 77.2 Å². The van der Waals surface area contributed by atoms with E-state index in [9.17, 15) is 18.0 Å². The molecule has 0 fully saturated rings. The summed E-state index contributed by atoms with van der Waals surface area (Å²) in [4.78, 5) is 26.5. The van der Waals surface area contributed by atoms with Gasteiger partial charge in [-0.3, -0.25) is 14.3 Å². The van der Waals surface area contributed by atoms with Gasteiger partial charge in [-0.05, 0) is 72.4 Å². The van der Waals surface area contributed by atoms with Gasteiger partial charge >= 0.3 is 0 Å². The Balaban J connectivity index is 1.33. The minimum atomic E-state index is -3.92. The maximum atomic E-state index is 13.3. The number of ketones is 2. The third-order valence-corrected chi connectivity index (χ3v) is 7.98. The summed E-state index contributed by atoms with van der Waals surface area (Å²) in [6.45, 7) is 4.77. The number of ether oxygens (including phenoxy) is 2. The SMILES string of the molecule is Cc1cccc(NS(=O)(=O)c2ccc3c(c2)C(=O)C(C(=O)CC(C)c2ccc4c(c2)OCCO4)=CC3)c1. The lowest BCUT2D eigenvalue weighted by molar-refractivity contribution is -0.115. The van der Waals surface area contributed by atoms with E-state index in [1.807, 2.05) is 38.1 Å². The summed E-state index contributed by atoms with van der Waals surface area (Å²) in [5.41, 5.74) is 3.30. The van der Waals surface area contributed by atoms with E-state index in [1.54, 1.807) is 30.3 Å². The molecule has 1 N–H and O–H groups in total. The minimum absolute atomic E-state index is 0.0283. The van der Waals surface area contributed by atoms with E-state index in [2.05, 4.69) is 4.72 Å². The molecule has 0 aromatic heterocycles. The summed E-state index contributed by atoms with van der Waals surface area (Å²) in [5.74, 6) is 0.456. The first kappa shape index (κ1) is 24.8. The number of carbonyl (C=O) groups is 2. The van der Waals surface area contributed by atoms with Crippen LogP contribution >= 0.6 is 0 Å². The van der Waals surface area contributed by atoms with Crippen molar-refractivity contribution in [2.75, 3.05) is 17.9 Å². The fourth-order valence-electron chi connectivity index (χ4n) is 4.60. The summed E-state index contributed by atoms with van der Waals surface area (Å²) in [6, 6.07) is 17.1. The lowest BCUT2D eigenvalue weighted by Crippen LogP contribution is -2.21. The first-order valence-electron chi connectivity index (χ1n) is 12.1. The molecule has 1 heterocycles. The Kier molecular flexibility index (Phi) is 6.60. The van der Waals surface area contributed by atoms with Gasteiger partial charge in [-0.2, -0.15) is 0 Å². The average Bonchev–Trinajstić information content (AvgIpc) is 2.88. The molecule has 0 bridgehead atoms. The fraction of sp³-hybridized carbons (Fsp3) is 0.241. The number of hydrogen-bond donors (Lipinski definition) is 1. The second kappa shape index (κ2) is 9.86. The van der Waals surface area contributed by atoms with Crippen LogP contribution in [0.5, 0.6) is 11.5 Å². The number of allylic oxidation sites excluding steroid dienone is 2. The molecule has 1 atom stereocenters. The second-order valence-corrected chi connectivity index (χ2v) is 11.1. The topological polar surface area (TPSA) is 98.8 Å². The molecule has 0 spiro atoms. The molecule has 3 aromatic rings. The number of nitrogens with one attached hydrogen (secondary N) is 1. The van der Waals surface area contributed by atoms with Gasteiger partial charge in [0.05, 0.1) is 10.5 Å². The molecule has 1 unspecified atom stereocenters. The zero-order valence-corrected chi connectivity index (χ0v) is 21.4. The lowest BCUT2D eigenvalue weighted by Gasteiger charge is -2.21. The number of anilines is 1. The van der Waals surface area contributed by atoms with E-state index in [1.165, 1.54) is 12.1 Å². The smallest absolute Gasteiger partial charge is 0.261 e. The van der Waals surface area contributed by atoms with Gasteiger partial charge < -0.3 is 9.47 Å². The van der Waals surface area contributed by atoms with Crippen molar-refractivity contribution in [3.05, 3.63) is 94.6 Å². The van der Waals surface area contributed by atoms with Crippen molar-refractivity contribution >= 4 is 27.3 Å². The van der Waals surface area contributed by atoms with Crippen LogP contribution in [0.3, 0.4) is 0 Å². The summed E-state index contributed by atoms with van der Waals surface area (Å²) < 4.78 is 39.8. The van der Waals surface area contributed by atoms with Crippen molar-refractivity contribution < 1.29 is 27.5 Å². The predicted octanol–water partition coefficient (Wildman–Crippen LogP) is 5.00. The quantitative estimate of drug-likeness (QED) is 0.443. The van der Waals surface area contributed by atoms with E-state index >= 15 is 0 Å². The Morgan fingerprint density at radius 2 is 1.78 bits per heavy atom. The zero-order chi connectivity index (χ0) is 26.2. The van der Waals surface area contributed by atoms with Gasteiger partial charge in [0.25, 0.3) is 10.0 Å². The second-order valence-electron chi connectivity index (χ2n) is 9.38. The van der Waals surface area contributed by atoms with Crippen LogP contribution in [0, 0.1) is 6.92 Å². The Bertz CT molecular complexity index is 1540. The molecule has 1 aliphatic heterocycles. The van der Waals surface area contributed by atoms with Crippen LogP contribution in [-0.2, 0) is 21.2 Å². The van der Waals surface area contributed by atoms with Gasteiger partial charge in [-0.1, -0.05) is 37.3 Å². The molecule has 0 saturated heterocycles. The fourth-order valence-corrected chi connectivity index (χ4v) is 5.67. The van der Waals surface area contributed by atoms with Gasteiger partial charge in [-0.15, -0.1) is 0 Å². The van der Waals surface area contributed by atoms with Crippen LogP contribution in [-0.4, -0.2) is 33.2 Å². The number of fused-ring (bicyclic) bond motifs is 2. The third kappa shape index (κ3) is 5.15. The van der Waals surface area contributed by atoms with E-state index in [4.69, 9.17) is 9.47 Å². The maximum Gasteiger partial charge on any atom is 0.261 e. The first-order chi connectivity index (χ1) is 17.7. The Labute approximate surface area is 216 Å². The molecular weight excluding hydrogens is 490 g/mol. The third-order valence-electron chi connectivity index (χ3n) is 6.60.